The van der Waals surface area contributed by atoms with Gasteiger partial charge in [0.25, 0.3) is 0 Å². The van der Waals surface area contributed by atoms with Crippen molar-refractivity contribution in [1.29, 1.82) is 0 Å². The summed E-state index contributed by atoms with van der Waals surface area (Å²) in [5, 5.41) is 17.8. The topological polar surface area (TPSA) is 70.4 Å². The molecule has 29 heavy (non-hydrogen) atoms. The number of unbranched alkanes of at least 4 members (excludes halogenated alkanes) is 9. The molecule has 0 bridgehead atoms. The van der Waals surface area contributed by atoms with E-state index in [4.69, 9.17) is 0 Å². The number of nitrogens with one attached hydrogen (secondary N) is 2. The molecule has 2 unspecified atom stereocenters. The van der Waals surface area contributed by atoms with Crippen molar-refractivity contribution >= 4 is 12.2 Å². The minimum Gasteiger partial charge on any atom is -0.544 e. The van der Waals surface area contributed by atoms with E-state index in [0.717, 1.165) is 6.54 Å². The van der Waals surface area contributed by atoms with Crippen LogP contribution in [0.4, 0.5) is 0 Å². The van der Waals surface area contributed by atoms with Gasteiger partial charge in [-0.25, -0.2) is 4.58 Å². The fraction of sp³-hybridized carbons (Fsp3) is 0.826. The predicted molar refractivity (Wildman–Crippen MR) is 117 cm³/mol. The molecule has 0 aliphatic carbocycles. The van der Waals surface area contributed by atoms with E-state index in [-0.39, 0.29) is 18.9 Å². The van der Waals surface area contributed by atoms with E-state index >= 15 is 0 Å². The number of carboxylic acids is 1. The molecular formula is C23H42N4O2. The minimum atomic E-state index is -1.08. The molecule has 2 atom stereocenters. The van der Waals surface area contributed by atoms with E-state index in [1.165, 1.54) is 64.2 Å². The molecule has 1 rings (SSSR count). The molecule has 6 nitrogen and oxygen atoms in total. The van der Waals surface area contributed by atoms with Crippen LogP contribution in [0.5, 0.6) is 0 Å². The van der Waals surface area contributed by atoms with Crippen LogP contribution in [0.2, 0.25) is 0 Å². The van der Waals surface area contributed by atoms with E-state index in [1.54, 1.807) is 10.8 Å². The van der Waals surface area contributed by atoms with Gasteiger partial charge in [0.1, 0.15) is 5.97 Å². The first-order valence-electron chi connectivity index (χ1n) is 11.6. The van der Waals surface area contributed by atoms with Gasteiger partial charge in [-0.05, 0) is 26.8 Å². The molecule has 0 spiro atoms. The van der Waals surface area contributed by atoms with Crippen molar-refractivity contribution in [2.45, 2.75) is 97.3 Å². The highest BCUT2D eigenvalue weighted by Crippen LogP contribution is 2.10. The second kappa shape index (κ2) is 16.2. The van der Waals surface area contributed by atoms with Gasteiger partial charge in [0.05, 0.1) is 18.9 Å². The largest absolute Gasteiger partial charge is 0.544 e. The molecule has 0 saturated carbocycles. The first kappa shape index (κ1) is 25.5. The summed E-state index contributed by atoms with van der Waals surface area (Å²) in [5.41, 5.74) is 0. The van der Waals surface area contributed by atoms with Gasteiger partial charge >= 0.3 is 0 Å². The molecule has 0 amide bonds. The highest BCUT2D eigenvalue weighted by Gasteiger charge is 2.17. The highest BCUT2D eigenvalue weighted by atomic mass is 16.4. The van der Waals surface area contributed by atoms with Crippen molar-refractivity contribution in [3.8, 4) is 12.0 Å². The maximum Gasteiger partial charge on any atom is 0.217 e. The third kappa shape index (κ3) is 13.3. The van der Waals surface area contributed by atoms with E-state index in [2.05, 4.69) is 43.4 Å². The SMILES string of the molecule is CCCCCCCCCCCCNC(C)NC(C)N1C#CC=[N+](CC(=O)[O-])CC1. The molecule has 2 N–H and O–H groups in total. The molecule has 1 aliphatic heterocycles. The Morgan fingerprint density at radius 1 is 1.10 bits per heavy atom. The highest BCUT2D eigenvalue weighted by molar-refractivity contribution is 5.75. The minimum absolute atomic E-state index is 0.0917. The number of hydrogen-bond donors (Lipinski definition) is 2. The van der Waals surface area contributed by atoms with Gasteiger partial charge in [0.15, 0.2) is 13.1 Å². The fourth-order valence-electron chi connectivity index (χ4n) is 3.58. The third-order valence-corrected chi connectivity index (χ3v) is 5.36. The van der Waals surface area contributed by atoms with E-state index in [0.29, 0.717) is 13.1 Å². The first-order valence-corrected chi connectivity index (χ1v) is 11.6. The van der Waals surface area contributed by atoms with Gasteiger partial charge in [-0.2, -0.15) is 0 Å². The summed E-state index contributed by atoms with van der Waals surface area (Å²) in [5.74, 6) is 1.85. The number of nitrogens with zero attached hydrogens (tertiary/aromatic N) is 2. The lowest BCUT2D eigenvalue weighted by molar-refractivity contribution is -0.522. The number of carbonyl (C=O) groups excluding carboxylic acids is 1. The second-order valence-electron chi connectivity index (χ2n) is 8.12. The maximum absolute atomic E-state index is 10.7. The number of hydrogen-bond acceptors (Lipinski definition) is 5. The maximum atomic E-state index is 10.7. The summed E-state index contributed by atoms with van der Waals surface area (Å²) in [6.07, 6.45) is 15.5. The molecule has 0 aromatic heterocycles. The van der Waals surface area contributed by atoms with Gasteiger partial charge in [0, 0.05) is 12.0 Å². The van der Waals surface area contributed by atoms with E-state index in [9.17, 15) is 9.90 Å². The Hall–Kier alpha value is -1.58. The molecule has 6 heteroatoms. The summed E-state index contributed by atoms with van der Waals surface area (Å²) in [6, 6.07) is 3.08. The average molecular weight is 407 g/mol. The summed E-state index contributed by atoms with van der Waals surface area (Å²) in [7, 11) is 0. The van der Waals surface area contributed by atoms with Crippen molar-refractivity contribution in [3.05, 3.63) is 0 Å². The van der Waals surface area contributed by atoms with Gasteiger partial charge in [-0.15, -0.1) is 0 Å². The Morgan fingerprint density at radius 2 is 1.72 bits per heavy atom. The predicted octanol–water partition coefficient (Wildman–Crippen LogP) is 1.89. The third-order valence-electron chi connectivity index (χ3n) is 5.36. The van der Waals surface area contributed by atoms with Crippen molar-refractivity contribution in [2.24, 2.45) is 0 Å². The lowest BCUT2D eigenvalue weighted by atomic mass is 10.1. The number of carbonyl (C=O) groups is 1. The van der Waals surface area contributed by atoms with Crippen molar-refractivity contribution in [3.63, 3.8) is 0 Å². The Kier molecular flexibility index (Phi) is 14.3. The molecule has 1 heterocycles. The Labute approximate surface area is 178 Å². The monoisotopic (exact) mass is 406 g/mol. The van der Waals surface area contributed by atoms with Crippen LogP contribution in [-0.4, -0.2) is 60.2 Å². The van der Waals surface area contributed by atoms with E-state index in [1.807, 2.05) is 4.90 Å². The number of aliphatic carboxylic acids is 1. The summed E-state index contributed by atoms with van der Waals surface area (Å²) < 4.78 is 1.68. The lowest BCUT2D eigenvalue weighted by Crippen LogP contribution is -2.51. The normalized spacial score (nSPS) is 15.8. The Balaban J connectivity index is 2.06. The number of rotatable bonds is 17. The van der Waals surface area contributed by atoms with Gasteiger partial charge < -0.3 is 20.1 Å². The fourth-order valence-corrected chi connectivity index (χ4v) is 3.58. The van der Waals surface area contributed by atoms with Crippen molar-refractivity contribution < 1.29 is 14.5 Å². The molecule has 0 fully saturated rings. The first-order chi connectivity index (χ1) is 14.0. The zero-order valence-electron chi connectivity index (χ0n) is 18.8. The van der Waals surface area contributed by atoms with Crippen LogP contribution >= 0.6 is 0 Å². The zero-order chi connectivity index (χ0) is 21.3. The summed E-state index contributed by atoms with van der Waals surface area (Å²) in [4.78, 5) is 12.8. The van der Waals surface area contributed by atoms with Crippen LogP contribution < -0.4 is 15.7 Å². The standard InChI is InChI=1S/C23H42N4O2/c1-4-5-6-7-8-9-10-11-12-13-15-24-21(2)25-22(3)27-17-14-16-26(18-19-27)20-23(28)29/h16,21-22,24-25H,4-13,15,18-20H2,1-3H3. The van der Waals surface area contributed by atoms with Crippen molar-refractivity contribution in [2.75, 3.05) is 26.2 Å². The summed E-state index contributed by atoms with van der Waals surface area (Å²) >= 11 is 0. The van der Waals surface area contributed by atoms with Gasteiger partial charge in [-0.3, -0.25) is 5.32 Å². The average Bonchev–Trinajstić information content (AvgIpc) is 2.91. The van der Waals surface area contributed by atoms with Crippen LogP contribution in [0.25, 0.3) is 0 Å². The van der Waals surface area contributed by atoms with Crippen LogP contribution in [0.3, 0.4) is 0 Å². The summed E-state index contributed by atoms with van der Waals surface area (Å²) in [6.45, 7) is 8.70. The molecule has 1 aliphatic rings. The number of carboxylic acid groups (broad SMARTS) is 1. The Bertz CT molecular complexity index is 539. The van der Waals surface area contributed by atoms with Gasteiger partial charge in [-0.1, -0.05) is 64.7 Å². The van der Waals surface area contributed by atoms with Crippen LogP contribution in [0.15, 0.2) is 0 Å². The molecular weight excluding hydrogens is 364 g/mol. The molecule has 0 saturated heterocycles. The molecule has 0 aromatic carbocycles. The zero-order valence-corrected chi connectivity index (χ0v) is 18.8. The lowest BCUT2D eigenvalue weighted by Gasteiger charge is -2.28. The second-order valence-corrected chi connectivity index (χ2v) is 8.12. The molecule has 0 aromatic rings. The van der Waals surface area contributed by atoms with Crippen LogP contribution in [0, 0.1) is 12.0 Å². The van der Waals surface area contributed by atoms with Crippen molar-refractivity contribution in [1.82, 2.24) is 15.5 Å². The quantitative estimate of drug-likeness (QED) is 0.167. The molecule has 0 radical (unpaired) electrons. The Morgan fingerprint density at radius 3 is 2.34 bits per heavy atom. The van der Waals surface area contributed by atoms with E-state index < -0.39 is 5.97 Å². The molecule has 166 valence electrons. The van der Waals surface area contributed by atoms with Gasteiger partial charge in [0.2, 0.25) is 6.21 Å². The van der Waals surface area contributed by atoms with Crippen LogP contribution in [-0.2, 0) is 4.79 Å². The van der Waals surface area contributed by atoms with Crippen LogP contribution in [0.1, 0.15) is 85.0 Å². The smallest absolute Gasteiger partial charge is 0.217 e.